The van der Waals surface area contributed by atoms with Gasteiger partial charge in [-0.25, -0.2) is 4.39 Å². The summed E-state index contributed by atoms with van der Waals surface area (Å²) < 4.78 is 14.4. The Labute approximate surface area is 86.9 Å². The van der Waals surface area contributed by atoms with E-state index in [2.05, 4.69) is 5.32 Å². The molecule has 1 atom stereocenters. The van der Waals surface area contributed by atoms with Gasteiger partial charge >= 0.3 is 0 Å². The van der Waals surface area contributed by atoms with Gasteiger partial charge < -0.3 is 5.32 Å². The lowest BCUT2D eigenvalue weighted by Gasteiger charge is -2.27. The minimum atomic E-state index is -1.02. The SMILES string of the molecule is CNC(C)(C)C(F)c1ccc(Cl)s1. The van der Waals surface area contributed by atoms with Gasteiger partial charge in [0.05, 0.1) is 4.34 Å². The van der Waals surface area contributed by atoms with Crippen LogP contribution in [0.5, 0.6) is 0 Å². The molecule has 1 rings (SSSR count). The summed E-state index contributed by atoms with van der Waals surface area (Å²) in [6.07, 6.45) is -1.02. The second-order valence-corrected chi connectivity index (χ2v) is 5.22. The van der Waals surface area contributed by atoms with E-state index in [0.717, 1.165) is 0 Å². The number of hydrogen-bond donors (Lipinski definition) is 1. The van der Waals surface area contributed by atoms with Gasteiger partial charge in [0, 0.05) is 10.4 Å². The zero-order valence-corrected chi connectivity index (χ0v) is 9.47. The lowest BCUT2D eigenvalue weighted by Crippen LogP contribution is -2.40. The number of thiophene rings is 1. The van der Waals surface area contributed by atoms with Crippen LogP contribution >= 0.6 is 22.9 Å². The van der Waals surface area contributed by atoms with E-state index >= 15 is 0 Å². The summed E-state index contributed by atoms with van der Waals surface area (Å²) in [7, 11) is 1.75. The van der Waals surface area contributed by atoms with Crippen molar-refractivity contribution < 1.29 is 4.39 Å². The van der Waals surface area contributed by atoms with Crippen LogP contribution in [0.15, 0.2) is 12.1 Å². The molecule has 0 aliphatic heterocycles. The third-order valence-corrected chi connectivity index (χ3v) is 3.39. The second-order valence-electron chi connectivity index (χ2n) is 3.48. The van der Waals surface area contributed by atoms with Crippen molar-refractivity contribution in [2.75, 3.05) is 7.05 Å². The third-order valence-electron chi connectivity index (χ3n) is 2.12. The molecular weight excluding hydrogens is 209 g/mol. The molecule has 0 spiro atoms. The third kappa shape index (κ3) is 2.42. The Bertz CT molecular complexity index is 285. The first-order chi connectivity index (χ1) is 5.97. The quantitative estimate of drug-likeness (QED) is 0.825. The predicted molar refractivity (Wildman–Crippen MR) is 56.3 cm³/mol. The summed E-state index contributed by atoms with van der Waals surface area (Å²) in [4.78, 5) is 0.671. The molecule has 0 amide bonds. The lowest BCUT2D eigenvalue weighted by atomic mass is 9.98. The molecule has 74 valence electrons. The fourth-order valence-corrected chi connectivity index (χ4v) is 2.17. The van der Waals surface area contributed by atoms with Gasteiger partial charge in [0.15, 0.2) is 6.17 Å². The Kier molecular flexibility index (Phi) is 3.33. The van der Waals surface area contributed by atoms with Gasteiger partial charge in [-0.3, -0.25) is 0 Å². The maximum Gasteiger partial charge on any atom is 0.152 e. The van der Waals surface area contributed by atoms with E-state index in [1.807, 2.05) is 13.8 Å². The molecule has 13 heavy (non-hydrogen) atoms. The number of rotatable bonds is 3. The van der Waals surface area contributed by atoms with Crippen LogP contribution in [0.1, 0.15) is 24.9 Å². The van der Waals surface area contributed by atoms with Crippen LogP contribution in [-0.4, -0.2) is 12.6 Å². The molecule has 0 saturated carbocycles. The standard InChI is InChI=1S/C9H13ClFNS/c1-9(2,12-3)8(11)6-4-5-7(10)13-6/h4-5,8,12H,1-3H3. The molecular formula is C9H13ClFNS. The minimum Gasteiger partial charge on any atom is -0.312 e. The van der Waals surface area contributed by atoms with Crippen LogP contribution in [0.4, 0.5) is 4.39 Å². The van der Waals surface area contributed by atoms with E-state index in [9.17, 15) is 4.39 Å². The molecule has 1 aromatic heterocycles. The van der Waals surface area contributed by atoms with Crippen molar-refractivity contribution in [1.82, 2.24) is 5.32 Å². The average molecular weight is 222 g/mol. The molecule has 1 heterocycles. The Morgan fingerprint density at radius 1 is 1.54 bits per heavy atom. The molecule has 1 unspecified atom stereocenters. The molecule has 0 saturated heterocycles. The van der Waals surface area contributed by atoms with Crippen molar-refractivity contribution in [2.24, 2.45) is 0 Å². The Morgan fingerprint density at radius 3 is 2.54 bits per heavy atom. The molecule has 0 fully saturated rings. The average Bonchev–Trinajstić information content (AvgIpc) is 2.50. The maximum atomic E-state index is 13.8. The van der Waals surface area contributed by atoms with Crippen LogP contribution < -0.4 is 5.32 Å². The largest absolute Gasteiger partial charge is 0.312 e. The van der Waals surface area contributed by atoms with Crippen molar-refractivity contribution in [3.05, 3.63) is 21.3 Å². The highest BCUT2D eigenvalue weighted by Crippen LogP contribution is 2.35. The van der Waals surface area contributed by atoms with Gasteiger partial charge in [0.2, 0.25) is 0 Å². The minimum absolute atomic E-state index is 0.547. The number of alkyl halides is 1. The van der Waals surface area contributed by atoms with Crippen molar-refractivity contribution in [2.45, 2.75) is 25.6 Å². The monoisotopic (exact) mass is 221 g/mol. The first-order valence-corrected chi connectivity index (χ1v) is 5.25. The van der Waals surface area contributed by atoms with Crippen LogP contribution in [0.2, 0.25) is 4.34 Å². The van der Waals surface area contributed by atoms with Crippen molar-refractivity contribution >= 4 is 22.9 Å². The molecule has 0 radical (unpaired) electrons. The number of nitrogens with one attached hydrogen (secondary N) is 1. The molecule has 4 heteroatoms. The first kappa shape index (κ1) is 11.0. The Hall–Kier alpha value is -0.120. The molecule has 0 bridgehead atoms. The maximum absolute atomic E-state index is 13.8. The van der Waals surface area contributed by atoms with Gasteiger partial charge in [-0.1, -0.05) is 11.6 Å². The van der Waals surface area contributed by atoms with Gasteiger partial charge in [-0.15, -0.1) is 11.3 Å². The number of halogens is 2. The zero-order valence-electron chi connectivity index (χ0n) is 7.90. The van der Waals surface area contributed by atoms with E-state index in [0.29, 0.717) is 9.21 Å². The Balaban J connectivity index is 2.84. The zero-order chi connectivity index (χ0) is 10.1. The van der Waals surface area contributed by atoms with E-state index in [4.69, 9.17) is 11.6 Å². The van der Waals surface area contributed by atoms with Crippen molar-refractivity contribution in [1.29, 1.82) is 0 Å². The fraction of sp³-hybridized carbons (Fsp3) is 0.556. The van der Waals surface area contributed by atoms with Crippen molar-refractivity contribution in [3.8, 4) is 0 Å². The molecule has 1 nitrogen and oxygen atoms in total. The second kappa shape index (κ2) is 3.95. The number of likely N-dealkylation sites (N-methyl/N-ethyl adjacent to an activating group) is 1. The van der Waals surface area contributed by atoms with Crippen LogP contribution in [0, 0.1) is 0 Å². The van der Waals surface area contributed by atoms with E-state index in [1.54, 1.807) is 19.2 Å². The van der Waals surface area contributed by atoms with Gasteiger partial charge in [-0.2, -0.15) is 0 Å². The summed E-state index contributed by atoms with van der Waals surface area (Å²) in [6.45, 7) is 3.65. The van der Waals surface area contributed by atoms with Crippen LogP contribution in [-0.2, 0) is 0 Å². The first-order valence-electron chi connectivity index (χ1n) is 4.05. The van der Waals surface area contributed by atoms with E-state index in [1.165, 1.54) is 11.3 Å². The predicted octanol–water partition coefficient (Wildman–Crippen LogP) is 3.41. The number of hydrogen-bond acceptors (Lipinski definition) is 2. The molecule has 1 N–H and O–H groups in total. The van der Waals surface area contributed by atoms with E-state index < -0.39 is 11.7 Å². The summed E-state index contributed by atoms with van der Waals surface area (Å²) in [5, 5.41) is 2.94. The smallest absolute Gasteiger partial charge is 0.152 e. The summed E-state index contributed by atoms with van der Waals surface area (Å²) >= 11 is 7.02. The highest BCUT2D eigenvalue weighted by atomic mass is 35.5. The molecule has 0 aliphatic rings. The van der Waals surface area contributed by atoms with Crippen LogP contribution in [0.25, 0.3) is 0 Å². The molecule has 0 aliphatic carbocycles. The van der Waals surface area contributed by atoms with Crippen molar-refractivity contribution in [3.63, 3.8) is 0 Å². The van der Waals surface area contributed by atoms with E-state index in [-0.39, 0.29) is 0 Å². The van der Waals surface area contributed by atoms with Crippen LogP contribution in [0.3, 0.4) is 0 Å². The highest BCUT2D eigenvalue weighted by Gasteiger charge is 2.30. The summed E-state index contributed by atoms with van der Waals surface area (Å²) in [6, 6.07) is 3.45. The van der Waals surface area contributed by atoms with Gasteiger partial charge in [0.25, 0.3) is 0 Å². The van der Waals surface area contributed by atoms with Gasteiger partial charge in [-0.05, 0) is 33.0 Å². The summed E-state index contributed by atoms with van der Waals surface area (Å²) in [5.74, 6) is 0. The Morgan fingerprint density at radius 2 is 2.15 bits per heavy atom. The summed E-state index contributed by atoms with van der Waals surface area (Å²) in [5.41, 5.74) is -0.547. The normalized spacial score (nSPS) is 14.5. The molecule has 0 aromatic carbocycles. The van der Waals surface area contributed by atoms with Gasteiger partial charge in [0.1, 0.15) is 0 Å². The molecule has 1 aromatic rings. The highest BCUT2D eigenvalue weighted by molar-refractivity contribution is 7.16. The fourth-order valence-electron chi connectivity index (χ4n) is 0.947. The topological polar surface area (TPSA) is 12.0 Å². The lowest BCUT2D eigenvalue weighted by molar-refractivity contribution is 0.195.